The van der Waals surface area contributed by atoms with Gasteiger partial charge in [-0.2, -0.15) is 0 Å². The van der Waals surface area contributed by atoms with Crippen LogP contribution in [0.1, 0.15) is 11.1 Å². The fourth-order valence-corrected chi connectivity index (χ4v) is 20.1. The normalized spacial score (nSPS) is 11.7. The highest BCUT2D eigenvalue weighted by Gasteiger charge is 2.29. The molecule has 0 unspecified atom stereocenters. The molecule has 0 saturated heterocycles. The summed E-state index contributed by atoms with van der Waals surface area (Å²) < 4.78 is 4.78. The molecular weight excluding hydrogens is 1470 g/mol. The fourth-order valence-electron chi connectivity index (χ4n) is 20.1. The van der Waals surface area contributed by atoms with E-state index in [9.17, 15) is 0 Å². The van der Waals surface area contributed by atoms with Crippen LogP contribution >= 0.6 is 0 Å². The highest BCUT2D eigenvalue weighted by Crippen LogP contribution is 2.56. The summed E-state index contributed by atoms with van der Waals surface area (Å²) in [6.45, 7) is 4.42. The molecule has 2 heterocycles. The van der Waals surface area contributed by atoms with E-state index >= 15 is 0 Å². The number of benzene rings is 22. The first kappa shape index (κ1) is 71.4. The van der Waals surface area contributed by atoms with Crippen molar-refractivity contribution in [2.45, 2.75) is 13.8 Å². The summed E-state index contributed by atoms with van der Waals surface area (Å²) in [6.07, 6.45) is 0. The molecule has 0 aliphatic carbocycles. The number of rotatable bonds is 12. The van der Waals surface area contributed by atoms with Gasteiger partial charge in [0.15, 0.2) is 0 Å². The van der Waals surface area contributed by atoms with Crippen molar-refractivity contribution in [2.24, 2.45) is 0 Å². The summed E-state index contributed by atoms with van der Waals surface area (Å²) in [4.78, 5) is 4.92. The van der Waals surface area contributed by atoms with Gasteiger partial charge in [0.25, 0.3) is 0 Å². The third-order valence-electron chi connectivity index (χ3n) is 25.2. The first-order valence-corrected chi connectivity index (χ1v) is 42.2. The number of aryl methyl sites for hydroxylation is 2. The van der Waals surface area contributed by atoms with E-state index in [1.165, 1.54) is 185 Å². The number of hydrogen-bond donors (Lipinski definition) is 0. The van der Waals surface area contributed by atoms with E-state index in [0.29, 0.717) is 0 Å². The SMILES string of the molecule is Cc1ccc2c(-c3c4ccccc4c(N(c4ccccc4)c4ccc(-n5c6ccccc6c6ccccc65)cc4)c4ccccc34)c3ccccc3c(-c3ccccc3)c2c1.Cc1ccc2c(-c3ccccc3)c3ccccc3c(-c3c4ccccc4c(N(c4ccccc4)c4ccc(-n5c6ccccc6c6ccccc65)cc4)c4ccccc34)c2c1. The highest BCUT2D eigenvalue weighted by molar-refractivity contribution is 6.33. The summed E-state index contributed by atoms with van der Waals surface area (Å²) in [5.41, 5.74) is 26.4. The second kappa shape index (κ2) is 29.6. The molecule has 0 saturated carbocycles. The molecule has 0 bridgehead atoms. The molecule has 4 nitrogen and oxygen atoms in total. The topological polar surface area (TPSA) is 16.3 Å². The molecular formula is C118H80N4. The Morgan fingerprint density at radius 1 is 0.156 bits per heavy atom. The van der Waals surface area contributed by atoms with Gasteiger partial charge in [0.1, 0.15) is 0 Å². The van der Waals surface area contributed by atoms with Gasteiger partial charge in [-0.25, -0.2) is 0 Å². The second-order valence-corrected chi connectivity index (χ2v) is 32.2. The zero-order chi connectivity index (χ0) is 80.9. The molecule has 0 aliphatic heterocycles. The Labute approximate surface area is 707 Å². The Hall–Kier alpha value is -15.9. The number of hydrogen-bond acceptors (Lipinski definition) is 2. The van der Waals surface area contributed by atoms with E-state index in [1.54, 1.807) is 0 Å². The van der Waals surface area contributed by atoms with Crippen molar-refractivity contribution in [1.82, 2.24) is 9.13 Å². The second-order valence-electron chi connectivity index (χ2n) is 32.2. The summed E-state index contributed by atoms with van der Waals surface area (Å²) >= 11 is 0. The van der Waals surface area contributed by atoms with E-state index in [4.69, 9.17) is 0 Å². The molecule has 24 aromatic rings. The summed E-state index contributed by atoms with van der Waals surface area (Å²) in [5, 5.41) is 24.8. The fraction of sp³-hybridized carbons (Fsp3) is 0.0169. The van der Waals surface area contributed by atoms with E-state index < -0.39 is 0 Å². The number of para-hydroxylation sites is 6. The summed E-state index contributed by atoms with van der Waals surface area (Å²) in [7, 11) is 0. The van der Waals surface area contributed by atoms with Gasteiger partial charge in [-0.1, -0.05) is 363 Å². The van der Waals surface area contributed by atoms with Gasteiger partial charge in [0.05, 0.1) is 33.4 Å². The van der Waals surface area contributed by atoms with Gasteiger partial charge in [0, 0.05) is 77.2 Å². The Bertz CT molecular complexity index is 8030. The van der Waals surface area contributed by atoms with Gasteiger partial charge in [-0.15, -0.1) is 0 Å². The molecule has 0 spiro atoms. The molecule has 2 aromatic heterocycles. The van der Waals surface area contributed by atoms with Crippen LogP contribution in [0.4, 0.5) is 34.1 Å². The predicted octanol–water partition coefficient (Wildman–Crippen LogP) is 33.0. The van der Waals surface area contributed by atoms with E-state index in [1.807, 2.05) is 0 Å². The van der Waals surface area contributed by atoms with Crippen molar-refractivity contribution < 1.29 is 0 Å². The number of aromatic nitrogens is 2. The largest absolute Gasteiger partial charge is 0.309 e. The zero-order valence-electron chi connectivity index (χ0n) is 67.5. The standard InChI is InChI=1S/2C59H40N2/c1-39-32-37-50-53(38-39)56(40-18-4-2-5-19-40)46-24-8-9-25-47(46)57(50)58-48-26-10-12-28-51(48)59(52-29-13-11-27-49(52)58)60(41-20-6-3-7-21-41)42-33-35-43(36-34-42)61-54-30-16-14-22-44(54)45-23-15-17-31-55(45)61;1-39-32-37-50-53(38-39)58(47-25-9-8-24-46(47)56(50)40-18-4-2-5-19-40)57-48-26-10-12-28-51(48)59(52-29-13-11-27-49(52)57)60(41-20-6-3-7-21-41)42-33-35-43(36-34-42)61-54-30-16-14-22-44(54)45-23-15-17-31-55(45)61/h2*2-38H,1H3. The average molecular weight is 1550 g/mol. The quantitative estimate of drug-likeness (QED) is 0.113. The third kappa shape index (κ3) is 11.7. The number of fused-ring (bicyclic) bond motifs is 14. The van der Waals surface area contributed by atoms with Crippen LogP contribution in [0.2, 0.25) is 0 Å². The van der Waals surface area contributed by atoms with E-state index in [-0.39, 0.29) is 0 Å². The van der Waals surface area contributed by atoms with Crippen LogP contribution in [0.15, 0.2) is 449 Å². The van der Waals surface area contributed by atoms with Crippen LogP contribution in [0.3, 0.4) is 0 Å². The molecule has 572 valence electrons. The van der Waals surface area contributed by atoms with Crippen LogP contribution in [0, 0.1) is 13.8 Å². The average Bonchev–Trinajstić information content (AvgIpc) is 1.59. The zero-order valence-corrected chi connectivity index (χ0v) is 67.5. The molecule has 4 heteroatoms. The van der Waals surface area contributed by atoms with Gasteiger partial charge in [0.2, 0.25) is 0 Å². The molecule has 0 aliphatic rings. The molecule has 0 radical (unpaired) electrons. The lowest BCUT2D eigenvalue weighted by molar-refractivity contribution is 1.17. The molecule has 22 aromatic carbocycles. The predicted molar refractivity (Wildman–Crippen MR) is 522 cm³/mol. The molecule has 0 atom stereocenters. The van der Waals surface area contributed by atoms with Gasteiger partial charge >= 0.3 is 0 Å². The Balaban J connectivity index is 0.000000142. The summed E-state index contributed by atoms with van der Waals surface area (Å²) in [6, 6.07) is 165. The Kier molecular flexibility index (Phi) is 17.3. The van der Waals surface area contributed by atoms with Crippen LogP contribution in [0.25, 0.3) is 186 Å². The van der Waals surface area contributed by atoms with Crippen LogP contribution < -0.4 is 9.80 Å². The minimum Gasteiger partial charge on any atom is -0.309 e. The smallest absolute Gasteiger partial charge is 0.0618 e. The first-order chi connectivity index (χ1) is 60.5. The van der Waals surface area contributed by atoms with Crippen LogP contribution in [-0.4, -0.2) is 9.13 Å². The maximum Gasteiger partial charge on any atom is 0.0618 e. The molecule has 0 N–H and O–H groups in total. The molecule has 122 heavy (non-hydrogen) atoms. The minimum absolute atomic E-state index is 1.09. The molecule has 0 fully saturated rings. The lowest BCUT2D eigenvalue weighted by Gasteiger charge is -2.30. The van der Waals surface area contributed by atoms with Crippen molar-refractivity contribution >= 4 is 164 Å². The third-order valence-corrected chi connectivity index (χ3v) is 25.2. The van der Waals surface area contributed by atoms with Crippen LogP contribution in [-0.2, 0) is 0 Å². The van der Waals surface area contributed by atoms with E-state index in [2.05, 4.69) is 482 Å². The minimum atomic E-state index is 1.09. The Morgan fingerprint density at radius 2 is 0.361 bits per heavy atom. The highest BCUT2D eigenvalue weighted by atomic mass is 15.2. The van der Waals surface area contributed by atoms with Crippen molar-refractivity contribution in [1.29, 1.82) is 0 Å². The van der Waals surface area contributed by atoms with Gasteiger partial charge in [-0.3, -0.25) is 0 Å². The number of nitrogens with zero attached hydrogens (tertiary/aromatic N) is 4. The van der Waals surface area contributed by atoms with E-state index in [0.717, 1.165) is 45.5 Å². The van der Waals surface area contributed by atoms with Crippen molar-refractivity contribution in [3.63, 3.8) is 0 Å². The Morgan fingerprint density at radius 3 is 0.672 bits per heavy atom. The molecule has 0 amide bonds. The van der Waals surface area contributed by atoms with Crippen molar-refractivity contribution in [2.75, 3.05) is 9.80 Å². The molecule has 24 rings (SSSR count). The number of anilines is 6. The lowest BCUT2D eigenvalue weighted by Crippen LogP contribution is -2.11. The first-order valence-electron chi connectivity index (χ1n) is 42.2. The van der Waals surface area contributed by atoms with Crippen molar-refractivity contribution in [3.05, 3.63) is 460 Å². The summed E-state index contributed by atoms with van der Waals surface area (Å²) in [5.74, 6) is 0. The monoisotopic (exact) mass is 1550 g/mol. The van der Waals surface area contributed by atoms with Gasteiger partial charge < -0.3 is 18.9 Å². The van der Waals surface area contributed by atoms with Gasteiger partial charge in [-0.05, 0) is 220 Å². The maximum atomic E-state index is 2.46. The lowest BCUT2D eigenvalue weighted by atomic mass is 9.82. The van der Waals surface area contributed by atoms with Crippen LogP contribution in [0.5, 0.6) is 0 Å². The van der Waals surface area contributed by atoms with Crippen molar-refractivity contribution in [3.8, 4) is 55.9 Å². The maximum absolute atomic E-state index is 2.46.